The molecule has 1 fully saturated rings. The Balaban J connectivity index is 2.12. The highest BCUT2D eigenvalue weighted by Crippen LogP contribution is 2.29. The minimum Gasteiger partial charge on any atom is -0.494 e. The summed E-state index contributed by atoms with van der Waals surface area (Å²) < 4.78 is 18.6. The first-order chi connectivity index (χ1) is 9.52. The van der Waals surface area contributed by atoms with E-state index in [0.29, 0.717) is 17.5 Å². The Bertz CT molecular complexity index is 483. The minimum atomic E-state index is -0.488. The lowest BCUT2D eigenvalue weighted by Crippen LogP contribution is -2.34. The molecule has 20 heavy (non-hydrogen) atoms. The average molecular weight is 279 g/mol. The topological polar surface area (TPSA) is 29.5 Å². The Labute approximate surface area is 119 Å². The van der Waals surface area contributed by atoms with E-state index in [1.807, 2.05) is 4.90 Å². The third-order valence-electron chi connectivity index (χ3n) is 3.59. The van der Waals surface area contributed by atoms with Gasteiger partial charge in [0.2, 0.25) is 0 Å². The number of nitrogens with zero attached hydrogens (tertiary/aromatic N) is 1. The fourth-order valence-corrected chi connectivity index (χ4v) is 2.20. The van der Waals surface area contributed by atoms with Crippen molar-refractivity contribution in [1.82, 2.24) is 4.90 Å². The molecule has 110 valence electrons. The quantitative estimate of drug-likeness (QED) is 0.798. The van der Waals surface area contributed by atoms with Crippen LogP contribution in [-0.2, 0) is 0 Å². The van der Waals surface area contributed by atoms with Crippen molar-refractivity contribution >= 4 is 5.91 Å². The summed E-state index contributed by atoms with van der Waals surface area (Å²) in [7, 11) is 1.42. The second-order valence-corrected chi connectivity index (χ2v) is 5.76. The molecule has 0 saturated heterocycles. The van der Waals surface area contributed by atoms with E-state index in [-0.39, 0.29) is 11.7 Å². The molecule has 0 atom stereocenters. The van der Waals surface area contributed by atoms with E-state index in [2.05, 4.69) is 13.8 Å². The van der Waals surface area contributed by atoms with Crippen molar-refractivity contribution in [3.8, 4) is 5.75 Å². The maximum Gasteiger partial charge on any atom is 0.254 e. The fourth-order valence-electron chi connectivity index (χ4n) is 2.20. The zero-order valence-electron chi connectivity index (χ0n) is 12.4. The molecule has 0 heterocycles. The maximum absolute atomic E-state index is 13.7. The number of halogens is 1. The van der Waals surface area contributed by atoms with Gasteiger partial charge in [-0.1, -0.05) is 13.8 Å². The molecule has 2 rings (SSSR count). The fraction of sp³-hybridized carbons (Fsp3) is 0.562. The molecule has 0 aromatic heterocycles. The zero-order valence-corrected chi connectivity index (χ0v) is 12.4. The Morgan fingerprint density at radius 1 is 1.45 bits per heavy atom. The van der Waals surface area contributed by atoms with E-state index >= 15 is 0 Å². The van der Waals surface area contributed by atoms with Crippen LogP contribution in [0.25, 0.3) is 0 Å². The SMILES string of the molecule is COc1ccc(C(=O)N(CCC(C)C)C2CC2)cc1F. The van der Waals surface area contributed by atoms with Crippen molar-refractivity contribution < 1.29 is 13.9 Å². The van der Waals surface area contributed by atoms with Gasteiger partial charge in [0, 0.05) is 18.2 Å². The van der Waals surface area contributed by atoms with Gasteiger partial charge in [-0.25, -0.2) is 4.39 Å². The van der Waals surface area contributed by atoms with Crippen molar-refractivity contribution in [1.29, 1.82) is 0 Å². The summed E-state index contributed by atoms with van der Waals surface area (Å²) >= 11 is 0. The lowest BCUT2D eigenvalue weighted by atomic mass is 10.1. The number of benzene rings is 1. The third-order valence-corrected chi connectivity index (χ3v) is 3.59. The van der Waals surface area contributed by atoms with E-state index in [1.54, 1.807) is 6.07 Å². The normalized spacial score (nSPS) is 14.4. The number of hydrogen-bond donors (Lipinski definition) is 0. The monoisotopic (exact) mass is 279 g/mol. The van der Waals surface area contributed by atoms with Crippen LogP contribution in [0.2, 0.25) is 0 Å². The number of carbonyl (C=O) groups is 1. The van der Waals surface area contributed by atoms with Gasteiger partial charge in [0.1, 0.15) is 0 Å². The summed E-state index contributed by atoms with van der Waals surface area (Å²) in [4.78, 5) is 14.4. The molecular weight excluding hydrogens is 257 g/mol. The molecule has 0 unspecified atom stereocenters. The lowest BCUT2D eigenvalue weighted by molar-refractivity contribution is 0.0735. The summed E-state index contributed by atoms with van der Waals surface area (Å²) in [5.74, 6) is 0.158. The van der Waals surface area contributed by atoms with Crippen LogP contribution in [0.1, 0.15) is 43.5 Å². The summed E-state index contributed by atoms with van der Waals surface area (Å²) in [6.07, 6.45) is 3.09. The number of rotatable bonds is 6. The molecule has 1 aromatic rings. The van der Waals surface area contributed by atoms with Crippen LogP contribution < -0.4 is 4.74 Å². The van der Waals surface area contributed by atoms with E-state index in [9.17, 15) is 9.18 Å². The van der Waals surface area contributed by atoms with Crippen molar-refractivity contribution in [2.75, 3.05) is 13.7 Å². The van der Waals surface area contributed by atoms with Gasteiger partial charge in [-0.2, -0.15) is 0 Å². The Kier molecular flexibility index (Phi) is 4.63. The first-order valence-electron chi connectivity index (χ1n) is 7.17. The van der Waals surface area contributed by atoms with Gasteiger partial charge in [0.15, 0.2) is 11.6 Å². The first-order valence-corrected chi connectivity index (χ1v) is 7.17. The van der Waals surface area contributed by atoms with Crippen LogP contribution in [0.3, 0.4) is 0 Å². The molecule has 0 N–H and O–H groups in total. The van der Waals surface area contributed by atoms with Gasteiger partial charge in [-0.15, -0.1) is 0 Å². The number of hydrogen-bond acceptors (Lipinski definition) is 2. The number of amides is 1. The molecule has 1 amide bonds. The zero-order chi connectivity index (χ0) is 14.7. The van der Waals surface area contributed by atoms with Crippen molar-refractivity contribution in [3.63, 3.8) is 0 Å². The highest BCUT2D eigenvalue weighted by atomic mass is 19.1. The lowest BCUT2D eigenvalue weighted by Gasteiger charge is -2.23. The molecule has 0 spiro atoms. The average Bonchev–Trinajstić information content (AvgIpc) is 3.23. The van der Waals surface area contributed by atoms with Crippen LogP contribution in [0, 0.1) is 11.7 Å². The standard InChI is InChI=1S/C16H22FNO2/c1-11(2)8-9-18(13-5-6-13)16(19)12-4-7-15(20-3)14(17)10-12/h4,7,10-11,13H,5-6,8-9H2,1-3H3. The van der Waals surface area contributed by atoms with Gasteiger partial charge in [-0.05, 0) is 43.4 Å². The molecule has 0 radical (unpaired) electrons. The summed E-state index contributed by atoms with van der Waals surface area (Å²) in [5.41, 5.74) is 0.402. The Hall–Kier alpha value is -1.58. The number of carbonyl (C=O) groups excluding carboxylic acids is 1. The highest BCUT2D eigenvalue weighted by molar-refractivity contribution is 5.94. The van der Waals surface area contributed by atoms with Crippen molar-refractivity contribution in [2.45, 2.75) is 39.2 Å². The molecule has 4 heteroatoms. The Morgan fingerprint density at radius 2 is 2.15 bits per heavy atom. The van der Waals surface area contributed by atoms with E-state index < -0.39 is 5.82 Å². The predicted molar refractivity (Wildman–Crippen MR) is 76.5 cm³/mol. The molecule has 3 nitrogen and oxygen atoms in total. The summed E-state index contributed by atoms with van der Waals surface area (Å²) in [6.45, 7) is 5.03. The van der Waals surface area contributed by atoms with Crippen molar-refractivity contribution in [2.24, 2.45) is 5.92 Å². The molecule has 1 aromatic carbocycles. The molecule has 1 aliphatic carbocycles. The van der Waals surface area contributed by atoms with Crippen LogP contribution in [0.4, 0.5) is 4.39 Å². The van der Waals surface area contributed by atoms with E-state index in [0.717, 1.165) is 25.8 Å². The van der Waals surface area contributed by atoms with E-state index in [4.69, 9.17) is 4.74 Å². The van der Waals surface area contributed by atoms with Crippen LogP contribution >= 0.6 is 0 Å². The second-order valence-electron chi connectivity index (χ2n) is 5.76. The summed E-state index contributed by atoms with van der Waals surface area (Å²) in [6, 6.07) is 4.75. The third kappa shape index (κ3) is 3.50. The number of ether oxygens (including phenoxy) is 1. The first kappa shape index (κ1) is 14.8. The molecular formula is C16H22FNO2. The van der Waals surface area contributed by atoms with Gasteiger partial charge in [-0.3, -0.25) is 4.79 Å². The molecule has 1 saturated carbocycles. The largest absolute Gasteiger partial charge is 0.494 e. The van der Waals surface area contributed by atoms with Gasteiger partial charge in [0.05, 0.1) is 7.11 Å². The minimum absolute atomic E-state index is 0.0743. The van der Waals surface area contributed by atoms with Crippen molar-refractivity contribution in [3.05, 3.63) is 29.6 Å². The molecule has 1 aliphatic rings. The van der Waals surface area contributed by atoms with Crippen LogP contribution in [-0.4, -0.2) is 30.5 Å². The van der Waals surface area contributed by atoms with E-state index in [1.165, 1.54) is 19.2 Å². The maximum atomic E-state index is 13.7. The van der Waals surface area contributed by atoms with Gasteiger partial charge in [0.25, 0.3) is 5.91 Å². The Morgan fingerprint density at radius 3 is 2.65 bits per heavy atom. The van der Waals surface area contributed by atoms with Crippen LogP contribution in [0.5, 0.6) is 5.75 Å². The predicted octanol–water partition coefficient (Wildman–Crippen LogP) is 3.49. The highest BCUT2D eigenvalue weighted by Gasteiger charge is 2.33. The second kappa shape index (κ2) is 6.25. The molecule has 0 aliphatic heterocycles. The summed E-state index contributed by atoms with van der Waals surface area (Å²) in [5, 5.41) is 0. The van der Waals surface area contributed by atoms with Gasteiger partial charge >= 0.3 is 0 Å². The number of methoxy groups -OCH3 is 1. The van der Waals surface area contributed by atoms with Gasteiger partial charge < -0.3 is 9.64 Å². The molecule has 0 bridgehead atoms. The van der Waals surface area contributed by atoms with Crippen LogP contribution in [0.15, 0.2) is 18.2 Å². The smallest absolute Gasteiger partial charge is 0.254 e.